The maximum Gasteiger partial charge on any atom is 0.274 e. The highest BCUT2D eigenvalue weighted by molar-refractivity contribution is 14.3. The number of hydrogen-bond donors (Lipinski definition) is 1. The van der Waals surface area contributed by atoms with Crippen LogP contribution in [0.5, 0.6) is 0 Å². The third kappa shape index (κ3) is 2.49. The second-order valence-corrected chi connectivity index (χ2v) is 12.1. The molecule has 92 valence electrons. The molecule has 2 aliphatic rings. The maximum atomic E-state index is 11.7. The lowest BCUT2D eigenvalue weighted by atomic mass is 9.84. The Morgan fingerprint density at radius 3 is 2.38 bits per heavy atom. The fourth-order valence-corrected chi connectivity index (χ4v) is 10.2. The third-order valence-corrected chi connectivity index (χ3v) is 11.0. The van der Waals surface area contributed by atoms with Crippen LogP contribution in [0.3, 0.4) is 0 Å². The van der Waals surface area contributed by atoms with Gasteiger partial charge in [-0.05, 0) is 26.5 Å². The fraction of sp³-hybridized carbons (Fsp3) is 0.600. The van der Waals surface area contributed by atoms with Crippen molar-refractivity contribution in [3.63, 3.8) is 0 Å². The van der Waals surface area contributed by atoms with E-state index in [1.807, 2.05) is 0 Å². The molecule has 0 spiro atoms. The maximum absolute atomic E-state index is 11.7. The number of rotatable bonds is 2. The van der Waals surface area contributed by atoms with E-state index in [9.17, 15) is 13.0 Å². The van der Waals surface area contributed by atoms with Crippen molar-refractivity contribution in [3.05, 3.63) is 9.66 Å². The lowest BCUT2D eigenvalue weighted by molar-refractivity contribution is 0.376. The molecule has 1 heterocycles. The topological polar surface area (TPSA) is 54.4 Å². The molecule has 2 rings (SSSR count). The van der Waals surface area contributed by atoms with Gasteiger partial charge in [0.15, 0.2) is 0 Å². The Hall–Kier alpha value is 0.850. The summed E-state index contributed by atoms with van der Waals surface area (Å²) in [6.45, 7) is 0. The molecule has 1 fully saturated rings. The van der Waals surface area contributed by atoms with Crippen molar-refractivity contribution >= 4 is 57.6 Å². The van der Waals surface area contributed by atoms with Crippen LogP contribution in [-0.2, 0) is 10.1 Å². The Bertz CT molecular complexity index is 456. The highest BCUT2D eigenvalue weighted by Gasteiger charge is 2.46. The Morgan fingerprint density at radius 1 is 1.19 bits per heavy atom. The summed E-state index contributed by atoms with van der Waals surface area (Å²) in [4.78, 5) is 0. The van der Waals surface area contributed by atoms with Gasteiger partial charge in [-0.25, -0.2) is 0 Å². The minimum Gasteiger partial charge on any atom is -0.285 e. The van der Waals surface area contributed by atoms with Crippen LogP contribution in [0.25, 0.3) is 0 Å². The van der Waals surface area contributed by atoms with Crippen LogP contribution in [0.1, 0.15) is 32.1 Å². The molecule has 0 radical (unpaired) electrons. The van der Waals surface area contributed by atoms with E-state index in [0.717, 1.165) is 24.8 Å². The normalized spacial score (nSPS) is 25.2. The van der Waals surface area contributed by atoms with E-state index in [1.54, 1.807) is 0 Å². The zero-order chi connectivity index (χ0) is 11.6. The summed E-state index contributed by atoms with van der Waals surface area (Å²) in [7, 11) is -3.97. The standard InChI is InChI=1S/C10H14I2O3S/c13-16(14,15)10(4-2-1-3-5-10)9-6-11-8-12-7-9/h6-8H,1-5H2,(H,13,14,15). The predicted octanol–water partition coefficient (Wildman–Crippen LogP) is 2.98. The predicted molar refractivity (Wildman–Crippen MR) is 85.6 cm³/mol. The van der Waals surface area contributed by atoms with Crippen LogP contribution >= 0.6 is 41.5 Å². The minimum atomic E-state index is -3.97. The molecule has 3 nitrogen and oxygen atoms in total. The molecule has 0 amide bonds. The molecule has 0 aromatic carbocycles. The van der Waals surface area contributed by atoms with Crippen molar-refractivity contribution in [1.82, 2.24) is 0 Å². The summed E-state index contributed by atoms with van der Waals surface area (Å²) >= 11 is -0.156. The van der Waals surface area contributed by atoms with Crippen molar-refractivity contribution in [2.45, 2.75) is 36.9 Å². The van der Waals surface area contributed by atoms with Crippen molar-refractivity contribution in [3.8, 4) is 0 Å². The SMILES string of the molecule is O=S(=O)(O)C1(C2=CI=CI=C2)CCCCC1. The number of halogens is 2. The average Bonchev–Trinajstić information content (AvgIpc) is 2.30. The molecule has 1 aliphatic carbocycles. The van der Waals surface area contributed by atoms with Crippen LogP contribution in [0.4, 0.5) is 0 Å². The van der Waals surface area contributed by atoms with Gasteiger partial charge >= 0.3 is 0 Å². The smallest absolute Gasteiger partial charge is 0.274 e. The summed E-state index contributed by atoms with van der Waals surface area (Å²) in [6.07, 6.45) is 4.10. The highest BCUT2D eigenvalue weighted by Crippen LogP contribution is 2.42. The molecule has 1 saturated carbocycles. The summed E-state index contributed by atoms with van der Waals surface area (Å²) in [5.41, 5.74) is 0.929. The fourth-order valence-electron chi connectivity index (χ4n) is 2.25. The second kappa shape index (κ2) is 5.23. The largest absolute Gasteiger partial charge is 0.285 e. The summed E-state index contributed by atoms with van der Waals surface area (Å²) < 4.78 is 38.5. The van der Waals surface area contributed by atoms with E-state index < -0.39 is 14.9 Å². The van der Waals surface area contributed by atoms with E-state index in [2.05, 4.69) is 10.1 Å². The Labute approximate surface area is 116 Å². The molecule has 1 N–H and O–H groups in total. The first-order chi connectivity index (χ1) is 7.56. The van der Waals surface area contributed by atoms with Crippen LogP contribution in [0, 0.1) is 0 Å². The summed E-state index contributed by atoms with van der Waals surface area (Å²) in [5, 5.41) is 0. The van der Waals surface area contributed by atoms with Crippen LogP contribution in [0.15, 0.2) is 9.66 Å². The lowest BCUT2D eigenvalue weighted by Crippen LogP contribution is -2.42. The first kappa shape index (κ1) is 13.3. The van der Waals surface area contributed by atoms with E-state index in [4.69, 9.17) is 0 Å². The molecular weight excluding hydrogens is 454 g/mol. The molecule has 1 aliphatic heterocycles. The minimum absolute atomic E-state index is 0.0781. The van der Waals surface area contributed by atoms with Crippen molar-refractivity contribution < 1.29 is 13.0 Å². The van der Waals surface area contributed by atoms with Gasteiger partial charge in [-0.2, -0.15) is 8.42 Å². The molecule has 0 aromatic heterocycles. The summed E-state index contributed by atoms with van der Waals surface area (Å²) in [6, 6.07) is 0. The van der Waals surface area contributed by atoms with Gasteiger partial charge in [-0.3, -0.25) is 4.55 Å². The van der Waals surface area contributed by atoms with E-state index in [1.165, 1.54) is 0 Å². The quantitative estimate of drug-likeness (QED) is 0.501. The molecule has 0 saturated heterocycles. The van der Waals surface area contributed by atoms with Gasteiger partial charge in [-0.15, -0.1) is 0 Å². The van der Waals surface area contributed by atoms with Gasteiger partial charge in [0.25, 0.3) is 10.1 Å². The van der Waals surface area contributed by atoms with Crippen molar-refractivity contribution in [2.75, 3.05) is 0 Å². The third-order valence-electron chi connectivity index (χ3n) is 3.14. The number of hydrogen-bond acceptors (Lipinski definition) is 2. The Kier molecular flexibility index (Phi) is 4.34. The lowest BCUT2D eigenvalue weighted by Gasteiger charge is -2.35. The van der Waals surface area contributed by atoms with E-state index >= 15 is 0 Å². The summed E-state index contributed by atoms with van der Waals surface area (Å²) in [5.74, 6) is 0. The highest BCUT2D eigenvalue weighted by atomic mass is 127. The molecule has 0 bridgehead atoms. The van der Waals surface area contributed by atoms with Crippen LogP contribution in [-0.4, -0.2) is 23.7 Å². The van der Waals surface area contributed by atoms with Crippen LogP contribution < -0.4 is 0 Å². The zero-order valence-corrected chi connectivity index (χ0v) is 13.8. The van der Waals surface area contributed by atoms with Crippen molar-refractivity contribution in [2.24, 2.45) is 0 Å². The van der Waals surface area contributed by atoms with E-state index in [0.29, 0.717) is 12.8 Å². The molecule has 6 heteroatoms. The Morgan fingerprint density at radius 2 is 1.88 bits per heavy atom. The van der Waals surface area contributed by atoms with Gasteiger partial charge in [0.1, 0.15) is 4.75 Å². The van der Waals surface area contributed by atoms with Gasteiger partial charge in [-0.1, -0.05) is 60.7 Å². The van der Waals surface area contributed by atoms with Gasteiger partial charge in [0.2, 0.25) is 0 Å². The first-order valence-electron chi connectivity index (χ1n) is 5.13. The van der Waals surface area contributed by atoms with Gasteiger partial charge < -0.3 is 0 Å². The van der Waals surface area contributed by atoms with Gasteiger partial charge in [0, 0.05) is 2.02 Å². The average molecular weight is 468 g/mol. The zero-order valence-electron chi connectivity index (χ0n) is 8.70. The molecular formula is C10H14I2O3S. The molecule has 0 unspecified atom stereocenters. The first-order valence-corrected chi connectivity index (χ1v) is 11.5. The Balaban J connectivity index is 2.46. The van der Waals surface area contributed by atoms with Crippen molar-refractivity contribution in [1.29, 1.82) is 0 Å². The molecule has 16 heavy (non-hydrogen) atoms. The molecule has 0 atom stereocenters. The second-order valence-electron chi connectivity index (χ2n) is 4.04. The van der Waals surface area contributed by atoms with Gasteiger partial charge in [0.05, 0.1) is 0 Å². The monoisotopic (exact) mass is 468 g/mol. The molecule has 0 aromatic rings. The van der Waals surface area contributed by atoms with E-state index in [-0.39, 0.29) is 41.5 Å². The van der Waals surface area contributed by atoms with Crippen LogP contribution in [0.2, 0.25) is 0 Å².